The Morgan fingerprint density at radius 2 is 1.85 bits per heavy atom. The lowest BCUT2D eigenvalue weighted by atomic mass is 10.2. The molecule has 1 aliphatic rings. The van der Waals surface area contributed by atoms with Gasteiger partial charge in [0.25, 0.3) is 0 Å². The number of benzene rings is 1. The molecule has 0 spiro atoms. The van der Waals surface area contributed by atoms with E-state index in [0.29, 0.717) is 13.0 Å². The van der Waals surface area contributed by atoms with E-state index >= 15 is 0 Å². The predicted molar refractivity (Wildman–Crippen MR) is 78.9 cm³/mol. The highest BCUT2D eigenvalue weighted by molar-refractivity contribution is 5.92. The average Bonchev–Trinajstić information content (AvgIpc) is 3.00. The SMILES string of the molecule is O=C(/C=C/c1ccccc1)NCCC(=O)N1CCCC1. The van der Waals surface area contributed by atoms with Gasteiger partial charge >= 0.3 is 0 Å². The van der Waals surface area contributed by atoms with Crippen molar-refractivity contribution < 1.29 is 9.59 Å². The van der Waals surface area contributed by atoms with Crippen molar-refractivity contribution in [3.63, 3.8) is 0 Å². The molecule has 1 N–H and O–H groups in total. The van der Waals surface area contributed by atoms with Crippen molar-refractivity contribution in [2.45, 2.75) is 19.3 Å². The molecule has 0 unspecified atom stereocenters. The Labute approximate surface area is 119 Å². The summed E-state index contributed by atoms with van der Waals surface area (Å²) < 4.78 is 0. The Morgan fingerprint density at radius 3 is 2.55 bits per heavy atom. The second-order valence-corrected chi connectivity index (χ2v) is 4.87. The topological polar surface area (TPSA) is 49.4 Å². The van der Waals surface area contributed by atoms with Crippen molar-refractivity contribution in [3.8, 4) is 0 Å². The highest BCUT2D eigenvalue weighted by atomic mass is 16.2. The van der Waals surface area contributed by atoms with Gasteiger partial charge in [-0.1, -0.05) is 30.3 Å². The van der Waals surface area contributed by atoms with Crippen molar-refractivity contribution in [2.75, 3.05) is 19.6 Å². The number of rotatable bonds is 5. The molecule has 0 saturated carbocycles. The van der Waals surface area contributed by atoms with Gasteiger partial charge in [0.1, 0.15) is 0 Å². The fraction of sp³-hybridized carbons (Fsp3) is 0.375. The normalized spacial score (nSPS) is 14.7. The Kier molecular flexibility index (Phi) is 5.35. The molecule has 1 aliphatic heterocycles. The monoisotopic (exact) mass is 272 g/mol. The lowest BCUT2D eigenvalue weighted by molar-refractivity contribution is -0.130. The molecule has 0 aromatic heterocycles. The fourth-order valence-corrected chi connectivity index (χ4v) is 2.21. The first kappa shape index (κ1) is 14.3. The number of hydrogen-bond acceptors (Lipinski definition) is 2. The van der Waals surface area contributed by atoms with Crippen LogP contribution in [0.2, 0.25) is 0 Å². The molecular weight excluding hydrogens is 252 g/mol. The van der Waals surface area contributed by atoms with Crippen molar-refractivity contribution in [1.82, 2.24) is 10.2 Å². The Morgan fingerprint density at radius 1 is 1.15 bits per heavy atom. The average molecular weight is 272 g/mol. The fourth-order valence-electron chi connectivity index (χ4n) is 2.21. The molecule has 1 heterocycles. The van der Waals surface area contributed by atoms with Gasteiger partial charge in [0.15, 0.2) is 0 Å². The zero-order valence-electron chi connectivity index (χ0n) is 11.5. The molecule has 1 aromatic rings. The van der Waals surface area contributed by atoms with Crippen molar-refractivity contribution in [1.29, 1.82) is 0 Å². The van der Waals surface area contributed by atoms with Crippen molar-refractivity contribution in [2.24, 2.45) is 0 Å². The summed E-state index contributed by atoms with van der Waals surface area (Å²) in [5.41, 5.74) is 0.982. The minimum Gasteiger partial charge on any atom is -0.352 e. The van der Waals surface area contributed by atoms with Gasteiger partial charge in [-0.3, -0.25) is 9.59 Å². The summed E-state index contributed by atoms with van der Waals surface area (Å²) in [6.07, 6.45) is 5.83. The highest BCUT2D eigenvalue weighted by Gasteiger charge is 2.17. The van der Waals surface area contributed by atoms with Gasteiger partial charge in [0, 0.05) is 32.1 Å². The Bertz CT molecular complexity index is 477. The van der Waals surface area contributed by atoms with Gasteiger partial charge in [0.2, 0.25) is 11.8 Å². The smallest absolute Gasteiger partial charge is 0.244 e. The molecule has 1 saturated heterocycles. The van der Waals surface area contributed by atoms with E-state index in [1.807, 2.05) is 35.2 Å². The van der Waals surface area contributed by atoms with Gasteiger partial charge in [0.05, 0.1) is 0 Å². The van der Waals surface area contributed by atoms with E-state index in [4.69, 9.17) is 0 Å². The van der Waals surface area contributed by atoms with Crippen LogP contribution in [-0.4, -0.2) is 36.3 Å². The number of amides is 2. The molecule has 2 rings (SSSR count). The van der Waals surface area contributed by atoms with E-state index in [1.54, 1.807) is 6.08 Å². The van der Waals surface area contributed by atoms with Crippen LogP contribution in [0.3, 0.4) is 0 Å². The van der Waals surface area contributed by atoms with E-state index < -0.39 is 0 Å². The van der Waals surface area contributed by atoms with E-state index in [9.17, 15) is 9.59 Å². The first-order valence-corrected chi connectivity index (χ1v) is 7.04. The molecule has 20 heavy (non-hydrogen) atoms. The van der Waals surface area contributed by atoms with Crippen molar-refractivity contribution >= 4 is 17.9 Å². The van der Waals surface area contributed by atoms with Gasteiger partial charge in [-0.25, -0.2) is 0 Å². The van der Waals surface area contributed by atoms with Crippen LogP contribution in [0.25, 0.3) is 6.08 Å². The molecule has 0 atom stereocenters. The van der Waals surface area contributed by atoms with Crippen LogP contribution in [-0.2, 0) is 9.59 Å². The second kappa shape index (κ2) is 7.48. The van der Waals surface area contributed by atoms with E-state index in [-0.39, 0.29) is 11.8 Å². The summed E-state index contributed by atoms with van der Waals surface area (Å²) >= 11 is 0. The number of nitrogens with zero attached hydrogens (tertiary/aromatic N) is 1. The predicted octanol–water partition coefficient (Wildman–Crippen LogP) is 1.83. The number of nitrogens with one attached hydrogen (secondary N) is 1. The van der Waals surface area contributed by atoms with Crippen LogP contribution in [0.5, 0.6) is 0 Å². The van der Waals surface area contributed by atoms with Crippen LogP contribution in [0.4, 0.5) is 0 Å². The van der Waals surface area contributed by atoms with E-state index in [2.05, 4.69) is 5.32 Å². The third kappa shape index (κ3) is 4.53. The first-order chi connectivity index (χ1) is 9.75. The second-order valence-electron chi connectivity index (χ2n) is 4.87. The number of likely N-dealkylation sites (tertiary alicyclic amines) is 1. The first-order valence-electron chi connectivity index (χ1n) is 7.04. The molecule has 106 valence electrons. The summed E-state index contributed by atoms with van der Waals surface area (Å²) in [5, 5.41) is 2.73. The Balaban J connectivity index is 1.67. The molecule has 4 heteroatoms. The zero-order chi connectivity index (χ0) is 14.2. The summed E-state index contributed by atoms with van der Waals surface area (Å²) in [6, 6.07) is 9.64. The number of carbonyl (C=O) groups is 2. The summed E-state index contributed by atoms with van der Waals surface area (Å²) in [4.78, 5) is 25.2. The summed E-state index contributed by atoms with van der Waals surface area (Å²) in [6.45, 7) is 2.12. The van der Waals surface area contributed by atoms with Crippen LogP contribution in [0.1, 0.15) is 24.8 Å². The van der Waals surface area contributed by atoms with Gasteiger partial charge in [-0.05, 0) is 24.5 Å². The number of hydrogen-bond donors (Lipinski definition) is 1. The standard InChI is InChI=1S/C16H20N2O2/c19-15(9-8-14-6-2-1-3-7-14)17-11-10-16(20)18-12-4-5-13-18/h1-3,6-9H,4-5,10-13H2,(H,17,19)/b9-8+. The molecule has 1 aromatic carbocycles. The summed E-state index contributed by atoms with van der Waals surface area (Å²) in [5.74, 6) is -0.0297. The molecule has 4 nitrogen and oxygen atoms in total. The van der Waals surface area contributed by atoms with E-state index in [0.717, 1.165) is 31.5 Å². The maximum Gasteiger partial charge on any atom is 0.244 e. The van der Waals surface area contributed by atoms with E-state index in [1.165, 1.54) is 6.08 Å². The minimum atomic E-state index is -0.164. The van der Waals surface area contributed by atoms with Gasteiger partial charge in [-0.2, -0.15) is 0 Å². The largest absolute Gasteiger partial charge is 0.352 e. The van der Waals surface area contributed by atoms with Crippen LogP contribution >= 0.6 is 0 Å². The lowest BCUT2D eigenvalue weighted by Gasteiger charge is -2.14. The number of carbonyl (C=O) groups excluding carboxylic acids is 2. The third-order valence-corrected chi connectivity index (χ3v) is 3.32. The van der Waals surface area contributed by atoms with Gasteiger partial charge in [-0.15, -0.1) is 0 Å². The van der Waals surface area contributed by atoms with Crippen LogP contribution in [0, 0.1) is 0 Å². The van der Waals surface area contributed by atoms with Crippen LogP contribution < -0.4 is 5.32 Å². The third-order valence-electron chi connectivity index (χ3n) is 3.32. The Hall–Kier alpha value is -2.10. The molecular formula is C16H20N2O2. The zero-order valence-corrected chi connectivity index (χ0v) is 11.5. The summed E-state index contributed by atoms with van der Waals surface area (Å²) in [7, 11) is 0. The molecule has 0 aliphatic carbocycles. The molecule has 1 fully saturated rings. The van der Waals surface area contributed by atoms with Crippen molar-refractivity contribution in [3.05, 3.63) is 42.0 Å². The maximum absolute atomic E-state index is 11.8. The minimum absolute atomic E-state index is 0.134. The highest BCUT2D eigenvalue weighted by Crippen LogP contribution is 2.08. The molecule has 0 radical (unpaired) electrons. The van der Waals surface area contributed by atoms with Crippen LogP contribution in [0.15, 0.2) is 36.4 Å². The lowest BCUT2D eigenvalue weighted by Crippen LogP contribution is -2.32. The maximum atomic E-state index is 11.8. The quantitative estimate of drug-likeness (QED) is 0.831. The van der Waals surface area contributed by atoms with Gasteiger partial charge < -0.3 is 10.2 Å². The molecule has 0 bridgehead atoms. The molecule has 2 amide bonds.